The maximum Gasteiger partial charge on any atom is 0.258 e. The molecule has 1 amide bonds. The van der Waals surface area contributed by atoms with E-state index in [-0.39, 0.29) is 5.91 Å². The van der Waals surface area contributed by atoms with E-state index in [1.807, 2.05) is 25.1 Å². The number of aromatic nitrogens is 2. The van der Waals surface area contributed by atoms with Crippen molar-refractivity contribution in [3.8, 4) is 0 Å². The number of benzene rings is 2. The Morgan fingerprint density at radius 2 is 1.82 bits per heavy atom. The molecule has 2 aromatic carbocycles. The molecule has 5 heteroatoms. The van der Waals surface area contributed by atoms with Gasteiger partial charge in [0.15, 0.2) is 0 Å². The van der Waals surface area contributed by atoms with Gasteiger partial charge in [0.1, 0.15) is 0 Å². The van der Waals surface area contributed by atoms with E-state index in [0.717, 1.165) is 42.7 Å². The zero-order valence-corrected chi connectivity index (χ0v) is 16.3. The van der Waals surface area contributed by atoms with Gasteiger partial charge in [0, 0.05) is 31.2 Å². The highest BCUT2D eigenvalue weighted by Crippen LogP contribution is 2.23. The Hall–Kier alpha value is -3.21. The number of carbonyl (C=O) groups is 1. The van der Waals surface area contributed by atoms with Crippen LogP contribution in [0.3, 0.4) is 0 Å². The van der Waals surface area contributed by atoms with Crippen molar-refractivity contribution >= 4 is 17.5 Å². The number of carbonyl (C=O) groups excluding carboxylic acids is 1. The van der Waals surface area contributed by atoms with Crippen LogP contribution in [-0.2, 0) is 19.4 Å². The molecule has 28 heavy (non-hydrogen) atoms. The second-order valence-electron chi connectivity index (χ2n) is 7.13. The highest BCUT2D eigenvalue weighted by atomic mass is 16.1. The van der Waals surface area contributed by atoms with E-state index < -0.39 is 0 Å². The van der Waals surface area contributed by atoms with Gasteiger partial charge in [-0.15, -0.1) is 0 Å². The van der Waals surface area contributed by atoms with Crippen LogP contribution in [0.15, 0.2) is 54.9 Å². The van der Waals surface area contributed by atoms with Crippen LogP contribution in [0.25, 0.3) is 0 Å². The summed E-state index contributed by atoms with van der Waals surface area (Å²) in [4.78, 5) is 23.7. The number of aryl methyl sites for hydroxylation is 2. The Kier molecular flexibility index (Phi) is 5.06. The van der Waals surface area contributed by atoms with Crippen molar-refractivity contribution in [3.63, 3.8) is 0 Å². The summed E-state index contributed by atoms with van der Waals surface area (Å²) >= 11 is 0. The van der Waals surface area contributed by atoms with Crippen molar-refractivity contribution < 1.29 is 4.79 Å². The van der Waals surface area contributed by atoms with Crippen molar-refractivity contribution in [2.75, 3.05) is 16.8 Å². The number of hydrogen-bond acceptors (Lipinski definition) is 4. The van der Waals surface area contributed by atoms with Gasteiger partial charge in [-0.25, -0.2) is 9.97 Å². The fourth-order valence-electron chi connectivity index (χ4n) is 3.66. The standard InChI is InChI=1S/C23H24N4O/c1-3-17-10-6-7-16(2)21(17)26-22(28)20-13-24-23(25-14-20)27-12-11-18-8-4-5-9-19(18)15-27/h4-10,13-14H,3,11-12,15H2,1-2H3,(H,26,28). The molecule has 0 radical (unpaired) electrons. The first-order valence-corrected chi connectivity index (χ1v) is 9.69. The Bertz CT molecular complexity index is 998. The van der Waals surface area contributed by atoms with E-state index in [2.05, 4.69) is 51.4 Å². The van der Waals surface area contributed by atoms with Gasteiger partial charge in [-0.1, -0.05) is 49.4 Å². The number of nitrogens with zero attached hydrogens (tertiary/aromatic N) is 3. The first-order valence-electron chi connectivity index (χ1n) is 9.69. The predicted octanol–water partition coefficient (Wildman–Crippen LogP) is 4.16. The summed E-state index contributed by atoms with van der Waals surface area (Å²) in [7, 11) is 0. The van der Waals surface area contributed by atoms with E-state index in [1.165, 1.54) is 11.1 Å². The van der Waals surface area contributed by atoms with E-state index in [4.69, 9.17) is 0 Å². The van der Waals surface area contributed by atoms with Gasteiger partial charge in [-0.3, -0.25) is 4.79 Å². The van der Waals surface area contributed by atoms with Crippen molar-refractivity contribution in [3.05, 3.63) is 82.7 Å². The SMILES string of the molecule is CCc1cccc(C)c1NC(=O)c1cnc(N2CCc3ccccc3C2)nc1. The molecule has 142 valence electrons. The monoisotopic (exact) mass is 372 g/mol. The molecule has 0 bridgehead atoms. The number of anilines is 2. The fraction of sp³-hybridized carbons (Fsp3) is 0.261. The lowest BCUT2D eigenvalue weighted by atomic mass is 10.0. The van der Waals surface area contributed by atoms with Gasteiger partial charge >= 0.3 is 0 Å². The minimum atomic E-state index is -0.181. The molecule has 1 aromatic heterocycles. The molecule has 2 heterocycles. The zero-order valence-electron chi connectivity index (χ0n) is 16.3. The molecule has 0 spiro atoms. The molecule has 1 aliphatic rings. The van der Waals surface area contributed by atoms with Crippen LogP contribution >= 0.6 is 0 Å². The fourth-order valence-corrected chi connectivity index (χ4v) is 3.66. The highest BCUT2D eigenvalue weighted by molar-refractivity contribution is 6.04. The third kappa shape index (κ3) is 3.60. The molecule has 4 rings (SSSR count). The Labute approximate surface area is 165 Å². The van der Waals surface area contributed by atoms with Gasteiger partial charge < -0.3 is 10.2 Å². The van der Waals surface area contributed by atoms with Crippen molar-refractivity contribution in [2.24, 2.45) is 0 Å². The largest absolute Gasteiger partial charge is 0.336 e. The summed E-state index contributed by atoms with van der Waals surface area (Å²) in [6, 6.07) is 14.5. The average molecular weight is 372 g/mol. The van der Waals surface area contributed by atoms with E-state index in [9.17, 15) is 4.79 Å². The summed E-state index contributed by atoms with van der Waals surface area (Å²) in [5.41, 5.74) is 6.22. The number of amides is 1. The summed E-state index contributed by atoms with van der Waals surface area (Å²) < 4.78 is 0. The normalized spacial score (nSPS) is 13.1. The van der Waals surface area contributed by atoms with Crippen molar-refractivity contribution in [1.29, 1.82) is 0 Å². The maximum absolute atomic E-state index is 12.7. The molecule has 0 fully saturated rings. The van der Waals surface area contributed by atoms with Gasteiger partial charge in [-0.2, -0.15) is 0 Å². The van der Waals surface area contributed by atoms with Gasteiger partial charge in [-0.05, 0) is 42.0 Å². The second kappa shape index (κ2) is 7.80. The van der Waals surface area contributed by atoms with Crippen LogP contribution in [0.1, 0.15) is 39.5 Å². The summed E-state index contributed by atoms with van der Waals surface area (Å²) in [5, 5.41) is 3.03. The number of fused-ring (bicyclic) bond motifs is 1. The lowest BCUT2D eigenvalue weighted by molar-refractivity contribution is 0.102. The van der Waals surface area contributed by atoms with Crippen molar-refractivity contribution in [1.82, 2.24) is 9.97 Å². The molecule has 0 unspecified atom stereocenters. The van der Waals surface area contributed by atoms with Crippen LogP contribution in [0.5, 0.6) is 0 Å². The summed E-state index contributed by atoms with van der Waals surface area (Å²) in [5.74, 6) is 0.482. The molecule has 3 aromatic rings. The molecule has 1 N–H and O–H groups in total. The quantitative estimate of drug-likeness (QED) is 0.747. The lowest BCUT2D eigenvalue weighted by Crippen LogP contribution is -2.31. The third-order valence-corrected chi connectivity index (χ3v) is 5.29. The molecule has 0 atom stereocenters. The van der Waals surface area contributed by atoms with Gasteiger partial charge in [0.2, 0.25) is 5.95 Å². The molecular weight excluding hydrogens is 348 g/mol. The topological polar surface area (TPSA) is 58.1 Å². The van der Waals surface area contributed by atoms with Crippen LogP contribution in [-0.4, -0.2) is 22.4 Å². The molecule has 5 nitrogen and oxygen atoms in total. The number of nitrogens with one attached hydrogen (secondary N) is 1. The summed E-state index contributed by atoms with van der Waals surface area (Å²) in [6.45, 7) is 5.76. The third-order valence-electron chi connectivity index (χ3n) is 5.29. The minimum Gasteiger partial charge on any atom is -0.336 e. The van der Waals surface area contributed by atoms with Gasteiger partial charge in [0.25, 0.3) is 5.91 Å². The molecule has 0 aliphatic carbocycles. The second-order valence-corrected chi connectivity index (χ2v) is 7.13. The number of para-hydroxylation sites is 1. The molecular formula is C23H24N4O. The van der Waals surface area contributed by atoms with Crippen LogP contribution in [0.4, 0.5) is 11.6 Å². The minimum absolute atomic E-state index is 0.181. The molecule has 0 saturated carbocycles. The predicted molar refractivity (Wildman–Crippen MR) is 112 cm³/mol. The van der Waals surface area contributed by atoms with Crippen LogP contribution in [0.2, 0.25) is 0 Å². The summed E-state index contributed by atoms with van der Waals surface area (Å²) in [6.07, 6.45) is 5.07. The first kappa shape index (κ1) is 18.2. The van der Waals surface area contributed by atoms with E-state index >= 15 is 0 Å². The van der Waals surface area contributed by atoms with Crippen molar-refractivity contribution in [2.45, 2.75) is 33.2 Å². The van der Waals surface area contributed by atoms with E-state index in [1.54, 1.807) is 12.4 Å². The Morgan fingerprint density at radius 1 is 1.07 bits per heavy atom. The maximum atomic E-state index is 12.7. The zero-order chi connectivity index (χ0) is 19.5. The van der Waals surface area contributed by atoms with Crippen LogP contribution < -0.4 is 10.2 Å². The van der Waals surface area contributed by atoms with E-state index in [0.29, 0.717) is 11.5 Å². The lowest BCUT2D eigenvalue weighted by Gasteiger charge is -2.28. The Balaban J connectivity index is 1.49. The van der Waals surface area contributed by atoms with Crippen LogP contribution in [0, 0.1) is 6.92 Å². The number of hydrogen-bond donors (Lipinski definition) is 1. The molecule has 1 aliphatic heterocycles. The smallest absolute Gasteiger partial charge is 0.258 e. The highest BCUT2D eigenvalue weighted by Gasteiger charge is 2.19. The Morgan fingerprint density at radius 3 is 2.57 bits per heavy atom. The first-order chi connectivity index (χ1) is 13.7. The average Bonchev–Trinajstić information content (AvgIpc) is 2.75. The number of rotatable bonds is 4. The van der Waals surface area contributed by atoms with Gasteiger partial charge in [0.05, 0.1) is 5.56 Å². The molecule has 0 saturated heterocycles.